The molecule has 0 aromatic carbocycles. The fourth-order valence-corrected chi connectivity index (χ4v) is 4.31. The molecule has 0 bridgehead atoms. The van der Waals surface area contributed by atoms with Crippen molar-refractivity contribution in [1.82, 2.24) is 15.3 Å². The summed E-state index contributed by atoms with van der Waals surface area (Å²) in [6.45, 7) is 5.58. The summed E-state index contributed by atoms with van der Waals surface area (Å²) < 4.78 is 11.9. The van der Waals surface area contributed by atoms with Crippen molar-refractivity contribution in [1.29, 1.82) is 0 Å². The topological polar surface area (TPSA) is 94.0 Å². The number of hydrogen-bond acceptors (Lipinski definition) is 5. The van der Waals surface area contributed by atoms with Gasteiger partial charge in [-0.05, 0) is 64.0 Å². The lowest BCUT2D eigenvalue weighted by Gasteiger charge is -2.57. The summed E-state index contributed by atoms with van der Waals surface area (Å²) in [6, 6.07) is 4.12. The van der Waals surface area contributed by atoms with Gasteiger partial charge in [0.1, 0.15) is 5.60 Å². The molecule has 1 heterocycles. The van der Waals surface area contributed by atoms with Gasteiger partial charge in [-0.25, -0.2) is 15.0 Å². The Hall–Kier alpha value is -2.51. The minimum atomic E-state index is -0.578. The Labute approximate surface area is 165 Å². The zero-order valence-electron chi connectivity index (χ0n) is 17.2. The van der Waals surface area contributed by atoms with E-state index in [1.807, 2.05) is 50.7 Å². The SMILES string of the molecule is COC(=O)N/N=C(/c1cccn1C)C1CC2(CC(NC(=O)OC(C)(C)C)C2)C1. The molecule has 1 aromatic heterocycles. The van der Waals surface area contributed by atoms with Crippen molar-refractivity contribution in [2.24, 2.45) is 23.5 Å². The molecule has 2 N–H and O–H groups in total. The highest BCUT2D eigenvalue weighted by Gasteiger charge is 2.54. The standard InChI is InChI=1S/C20H30N4O4/c1-19(2,3)28-17(25)21-14-11-20(12-14)9-13(10-20)16(22-23-18(26)27-5)15-7-6-8-24(15)4/h6-8,13-14H,9-12H2,1-5H3,(H,21,25)(H,23,26)/b22-16+. The molecule has 0 unspecified atom stereocenters. The van der Waals surface area contributed by atoms with Gasteiger partial charge in [0.25, 0.3) is 0 Å². The van der Waals surface area contributed by atoms with Crippen LogP contribution in [-0.2, 0) is 16.5 Å². The zero-order valence-corrected chi connectivity index (χ0v) is 17.2. The third-order valence-corrected chi connectivity index (χ3v) is 5.48. The predicted molar refractivity (Wildman–Crippen MR) is 105 cm³/mol. The van der Waals surface area contributed by atoms with Gasteiger partial charge in [-0.15, -0.1) is 0 Å². The van der Waals surface area contributed by atoms with E-state index in [-0.39, 0.29) is 23.5 Å². The van der Waals surface area contributed by atoms with Crippen molar-refractivity contribution in [3.05, 3.63) is 24.0 Å². The summed E-state index contributed by atoms with van der Waals surface area (Å²) >= 11 is 0. The summed E-state index contributed by atoms with van der Waals surface area (Å²) in [6.07, 6.45) is 4.92. The number of rotatable bonds is 4. The number of alkyl carbamates (subject to hydrolysis) is 1. The monoisotopic (exact) mass is 390 g/mol. The van der Waals surface area contributed by atoms with Gasteiger partial charge in [0, 0.05) is 25.2 Å². The van der Waals surface area contributed by atoms with E-state index < -0.39 is 11.7 Å². The second kappa shape index (κ2) is 7.48. The summed E-state index contributed by atoms with van der Waals surface area (Å²) in [7, 11) is 3.28. The molecule has 28 heavy (non-hydrogen) atoms. The Kier molecular flexibility index (Phi) is 5.41. The van der Waals surface area contributed by atoms with Crippen molar-refractivity contribution in [3.63, 3.8) is 0 Å². The Balaban J connectivity index is 1.56. The number of aryl methyl sites for hydroxylation is 1. The molecule has 154 valence electrons. The molecule has 0 aliphatic heterocycles. The Bertz CT molecular complexity index is 763. The molecular weight excluding hydrogens is 360 g/mol. The molecule has 3 rings (SSSR count). The second-order valence-corrected chi connectivity index (χ2v) is 8.96. The molecule has 2 amide bonds. The fraction of sp³-hybridized carbons (Fsp3) is 0.650. The highest BCUT2D eigenvalue weighted by atomic mass is 16.6. The van der Waals surface area contributed by atoms with E-state index in [1.165, 1.54) is 7.11 Å². The summed E-state index contributed by atoms with van der Waals surface area (Å²) in [5.74, 6) is 0.272. The van der Waals surface area contributed by atoms with Crippen molar-refractivity contribution in [3.8, 4) is 0 Å². The van der Waals surface area contributed by atoms with Crippen molar-refractivity contribution >= 4 is 17.9 Å². The maximum atomic E-state index is 11.9. The number of aromatic nitrogens is 1. The first kappa shape index (κ1) is 20.2. The van der Waals surface area contributed by atoms with E-state index in [4.69, 9.17) is 4.74 Å². The normalized spacial score (nSPS) is 26.8. The minimum absolute atomic E-state index is 0.166. The molecule has 2 fully saturated rings. The van der Waals surface area contributed by atoms with Crippen LogP contribution in [0.5, 0.6) is 0 Å². The van der Waals surface area contributed by atoms with Crippen LogP contribution < -0.4 is 10.7 Å². The number of hydrazone groups is 1. The molecule has 2 saturated carbocycles. The molecule has 1 spiro atoms. The highest BCUT2D eigenvalue weighted by Crippen LogP contribution is 2.59. The molecule has 0 radical (unpaired) electrons. The average Bonchev–Trinajstić information content (AvgIpc) is 2.94. The van der Waals surface area contributed by atoms with Gasteiger partial charge in [0.2, 0.25) is 0 Å². The van der Waals surface area contributed by atoms with Gasteiger partial charge in [-0.2, -0.15) is 5.10 Å². The number of nitrogens with zero attached hydrogens (tertiary/aromatic N) is 2. The molecule has 2 aliphatic rings. The Morgan fingerprint density at radius 1 is 1.21 bits per heavy atom. The molecule has 1 aromatic rings. The summed E-state index contributed by atoms with van der Waals surface area (Å²) in [5.41, 5.74) is 4.08. The van der Waals surface area contributed by atoms with Gasteiger partial charge >= 0.3 is 12.2 Å². The maximum absolute atomic E-state index is 11.9. The number of nitrogens with one attached hydrogen (secondary N) is 2. The van der Waals surface area contributed by atoms with E-state index in [2.05, 4.69) is 20.6 Å². The summed E-state index contributed by atoms with van der Waals surface area (Å²) in [5, 5.41) is 7.29. The number of carbonyl (C=O) groups is 2. The van der Waals surface area contributed by atoms with Crippen molar-refractivity contribution in [2.45, 2.75) is 58.1 Å². The number of ether oxygens (including phenoxy) is 2. The van der Waals surface area contributed by atoms with Crippen LogP contribution >= 0.6 is 0 Å². The smallest absolute Gasteiger partial charge is 0.427 e. The number of amides is 2. The minimum Gasteiger partial charge on any atom is -0.452 e. The molecule has 8 nitrogen and oxygen atoms in total. The quantitative estimate of drug-likeness (QED) is 0.610. The van der Waals surface area contributed by atoms with E-state index in [1.54, 1.807) is 0 Å². The van der Waals surface area contributed by atoms with E-state index in [0.717, 1.165) is 37.1 Å². The van der Waals surface area contributed by atoms with E-state index in [0.29, 0.717) is 0 Å². The first-order valence-electron chi connectivity index (χ1n) is 9.64. The lowest BCUT2D eigenvalue weighted by atomic mass is 9.49. The predicted octanol–water partition coefficient (Wildman–Crippen LogP) is 3.17. The van der Waals surface area contributed by atoms with Crippen LogP contribution in [0.4, 0.5) is 9.59 Å². The van der Waals surface area contributed by atoms with Crippen molar-refractivity contribution in [2.75, 3.05) is 7.11 Å². The molecule has 0 atom stereocenters. The van der Waals surface area contributed by atoms with Gasteiger partial charge in [0.15, 0.2) is 0 Å². The maximum Gasteiger partial charge on any atom is 0.427 e. The van der Waals surface area contributed by atoms with E-state index >= 15 is 0 Å². The second-order valence-electron chi connectivity index (χ2n) is 8.96. The molecule has 0 saturated heterocycles. The highest BCUT2D eigenvalue weighted by molar-refractivity contribution is 6.02. The zero-order chi connectivity index (χ0) is 20.5. The Morgan fingerprint density at radius 3 is 2.43 bits per heavy atom. The number of methoxy groups -OCH3 is 1. The lowest BCUT2D eigenvalue weighted by Crippen LogP contribution is -2.58. The van der Waals surface area contributed by atoms with Crippen LogP contribution in [0.15, 0.2) is 23.4 Å². The Morgan fingerprint density at radius 2 is 1.89 bits per heavy atom. The molecular formula is C20H30N4O4. The number of carbonyl (C=O) groups excluding carboxylic acids is 2. The fourth-order valence-electron chi connectivity index (χ4n) is 4.31. The largest absolute Gasteiger partial charge is 0.452 e. The van der Waals surface area contributed by atoms with Gasteiger partial charge in [-0.1, -0.05) is 0 Å². The van der Waals surface area contributed by atoms with Crippen LogP contribution in [0.25, 0.3) is 0 Å². The van der Waals surface area contributed by atoms with Crippen molar-refractivity contribution < 1.29 is 19.1 Å². The van der Waals surface area contributed by atoms with Crippen LogP contribution in [0.1, 0.15) is 52.1 Å². The third-order valence-electron chi connectivity index (χ3n) is 5.48. The van der Waals surface area contributed by atoms with Crippen LogP contribution in [0.2, 0.25) is 0 Å². The molecule has 2 aliphatic carbocycles. The molecule has 8 heteroatoms. The van der Waals surface area contributed by atoms with Gasteiger partial charge < -0.3 is 19.4 Å². The van der Waals surface area contributed by atoms with Gasteiger partial charge in [-0.3, -0.25) is 0 Å². The first-order chi connectivity index (χ1) is 13.1. The third kappa shape index (κ3) is 4.48. The van der Waals surface area contributed by atoms with Crippen LogP contribution in [-0.4, -0.2) is 41.2 Å². The average molecular weight is 390 g/mol. The summed E-state index contributed by atoms with van der Waals surface area (Å²) in [4.78, 5) is 23.4. The van der Waals surface area contributed by atoms with Crippen LogP contribution in [0, 0.1) is 11.3 Å². The lowest BCUT2D eigenvalue weighted by molar-refractivity contribution is -0.0294. The number of hydrogen-bond donors (Lipinski definition) is 2. The van der Waals surface area contributed by atoms with E-state index in [9.17, 15) is 9.59 Å². The van der Waals surface area contributed by atoms with Crippen LogP contribution in [0.3, 0.4) is 0 Å². The van der Waals surface area contributed by atoms with Gasteiger partial charge in [0.05, 0.1) is 18.5 Å². The first-order valence-corrected chi connectivity index (χ1v) is 9.64.